The summed E-state index contributed by atoms with van der Waals surface area (Å²) in [5.41, 5.74) is 0.203. The lowest BCUT2D eigenvalue weighted by Crippen LogP contribution is -2.31. The van der Waals surface area contributed by atoms with Crippen LogP contribution in [0.15, 0.2) is 58.4 Å². The van der Waals surface area contributed by atoms with E-state index in [9.17, 15) is 19.1 Å². The fourth-order valence-corrected chi connectivity index (χ4v) is 2.78. The van der Waals surface area contributed by atoms with Gasteiger partial charge in [-0.15, -0.1) is 0 Å². The predicted octanol–water partition coefficient (Wildman–Crippen LogP) is 3.54. The second kappa shape index (κ2) is 5.96. The Balaban J connectivity index is 2.17. The highest BCUT2D eigenvalue weighted by molar-refractivity contribution is 6.16. The first-order valence-corrected chi connectivity index (χ1v) is 7.51. The van der Waals surface area contributed by atoms with E-state index in [2.05, 4.69) is 0 Å². The quantitative estimate of drug-likeness (QED) is 0.931. The Morgan fingerprint density at radius 3 is 2.62 bits per heavy atom. The summed E-state index contributed by atoms with van der Waals surface area (Å²) in [7, 11) is 0. The molecule has 0 radical (unpaired) electrons. The average Bonchev–Trinajstić information content (AvgIpc) is 3.14. The number of carbonyl (C=O) groups is 2. The fourth-order valence-electron chi connectivity index (χ4n) is 2.78. The molecule has 1 aliphatic rings. The normalized spacial score (nSPS) is 17.9. The highest BCUT2D eigenvalue weighted by Gasteiger charge is 2.46. The summed E-state index contributed by atoms with van der Waals surface area (Å²) in [6.45, 7) is 3.36. The Morgan fingerprint density at radius 2 is 2.04 bits per heavy atom. The second-order valence-corrected chi connectivity index (χ2v) is 5.85. The molecule has 0 fully saturated rings. The summed E-state index contributed by atoms with van der Waals surface area (Å²) in [5.74, 6) is -2.37. The zero-order valence-electron chi connectivity index (χ0n) is 13.2. The molecule has 0 saturated heterocycles. The number of rotatable bonds is 4. The molecule has 0 bridgehead atoms. The summed E-state index contributed by atoms with van der Waals surface area (Å²) in [4.78, 5) is 26.3. The lowest BCUT2D eigenvalue weighted by molar-refractivity contribution is -0.119. The smallest absolute Gasteiger partial charge is 0.294 e. The van der Waals surface area contributed by atoms with Crippen molar-refractivity contribution < 1.29 is 23.5 Å². The van der Waals surface area contributed by atoms with E-state index in [1.807, 2.05) is 0 Å². The zero-order chi connectivity index (χ0) is 17.4. The molecule has 0 spiro atoms. The van der Waals surface area contributed by atoms with Crippen LogP contribution in [0.4, 0.5) is 10.1 Å². The van der Waals surface area contributed by atoms with Gasteiger partial charge in [0, 0.05) is 11.6 Å². The monoisotopic (exact) mass is 329 g/mol. The van der Waals surface area contributed by atoms with E-state index in [0.29, 0.717) is 5.76 Å². The number of Topliss-reactive ketones (excluding diaryl/α,β-unsaturated/α-hetero) is 1. The molecule has 1 unspecified atom stereocenters. The van der Waals surface area contributed by atoms with Crippen LogP contribution in [-0.4, -0.2) is 16.8 Å². The minimum absolute atomic E-state index is 0.0331. The largest absolute Gasteiger partial charge is 0.503 e. The van der Waals surface area contributed by atoms with Crippen molar-refractivity contribution in [3.8, 4) is 0 Å². The molecule has 124 valence electrons. The van der Waals surface area contributed by atoms with Crippen molar-refractivity contribution in [2.75, 3.05) is 4.90 Å². The van der Waals surface area contributed by atoms with Crippen LogP contribution in [0.5, 0.6) is 0 Å². The maximum absolute atomic E-state index is 13.6. The topological polar surface area (TPSA) is 70.8 Å². The number of anilines is 1. The van der Waals surface area contributed by atoms with Crippen LogP contribution in [0.3, 0.4) is 0 Å². The van der Waals surface area contributed by atoms with Crippen LogP contribution in [-0.2, 0) is 9.59 Å². The van der Waals surface area contributed by atoms with Crippen LogP contribution in [0, 0.1) is 11.7 Å². The van der Waals surface area contributed by atoms with E-state index >= 15 is 0 Å². The number of aliphatic hydroxyl groups excluding tert-OH is 1. The summed E-state index contributed by atoms with van der Waals surface area (Å²) in [6.07, 6.45) is 1.41. The molecule has 1 atom stereocenters. The second-order valence-electron chi connectivity index (χ2n) is 5.85. The van der Waals surface area contributed by atoms with E-state index in [1.54, 1.807) is 26.0 Å². The summed E-state index contributed by atoms with van der Waals surface area (Å²) in [6, 6.07) is 7.71. The van der Waals surface area contributed by atoms with Gasteiger partial charge in [-0.25, -0.2) is 4.39 Å². The van der Waals surface area contributed by atoms with Crippen molar-refractivity contribution in [2.24, 2.45) is 5.92 Å². The standard InChI is InChI=1S/C18H16FNO4/c1-10(2)16(21)14-15(13-7-4-8-24-13)20(18(23)17(14)22)12-6-3-5-11(19)9-12/h3-10,15,22H,1-2H3. The van der Waals surface area contributed by atoms with Gasteiger partial charge in [0.2, 0.25) is 0 Å². The molecular formula is C18H16FNO4. The van der Waals surface area contributed by atoms with Gasteiger partial charge in [0.05, 0.1) is 11.8 Å². The molecule has 0 aliphatic carbocycles. The van der Waals surface area contributed by atoms with Crippen molar-refractivity contribution in [1.82, 2.24) is 0 Å². The number of hydrogen-bond donors (Lipinski definition) is 1. The van der Waals surface area contributed by atoms with Gasteiger partial charge in [-0.05, 0) is 30.3 Å². The number of amides is 1. The van der Waals surface area contributed by atoms with Gasteiger partial charge in [-0.1, -0.05) is 19.9 Å². The predicted molar refractivity (Wildman–Crippen MR) is 84.8 cm³/mol. The van der Waals surface area contributed by atoms with Gasteiger partial charge in [-0.3, -0.25) is 14.5 Å². The Morgan fingerprint density at radius 1 is 1.29 bits per heavy atom. The van der Waals surface area contributed by atoms with Gasteiger partial charge in [0.25, 0.3) is 5.91 Å². The summed E-state index contributed by atoms with van der Waals surface area (Å²) in [5, 5.41) is 10.3. The Kier molecular flexibility index (Phi) is 3.97. The molecule has 1 aromatic heterocycles. The Labute approximate surface area is 138 Å². The number of halogens is 1. The molecule has 1 N–H and O–H groups in total. The molecule has 3 rings (SSSR count). The molecule has 0 saturated carbocycles. The number of aliphatic hydroxyl groups is 1. The first kappa shape index (κ1) is 16.0. The van der Waals surface area contributed by atoms with Crippen LogP contribution >= 0.6 is 0 Å². The van der Waals surface area contributed by atoms with Crippen LogP contribution < -0.4 is 4.90 Å². The van der Waals surface area contributed by atoms with E-state index < -0.39 is 29.4 Å². The zero-order valence-corrected chi connectivity index (χ0v) is 13.2. The van der Waals surface area contributed by atoms with Crippen molar-refractivity contribution in [3.05, 3.63) is 65.6 Å². The first-order valence-electron chi connectivity index (χ1n) is 7.51. The third kappa shape index (κ3) is 2.50. The number of furan rings is 1. The number of carbonyl (C=O) groups excluding carboxylic acids is 2. The summed E-state index contributed by atoms with van der Waals surface area (Å²) < 4.78 is 19.0. The molecular weight excluding hydrogens is 313 g/mol. The minimum atomic E-state index is -0.927. The maximum atomic E-state index is 13.6. The number of benzene rings is 1. The van der Waals surface area contributed by atoms with Gasteiger partial charge >= 0.3 is 0 Å². The molecule has 5 nitrogen and oxygen atoms in total. The van der Waals surface area contributed by atoms with E-state index in [-0.39, 0.29) is 17.0 Å². The molecule has 1 amide bonds. The minimum Gasteiger partial charge on any atom is -0.503 e. The molecule has 2 aromatic rings. The van der Waals surface area contributed by atoms with E-state index in [1.165, 1.54) is 35.4 Å². The molecule has 6 heteroatoms. The molecule has 2 heterocycles. The van der Waals surface area contributed by atoms with Gasteiger partial charge in [0.15, 0.2) is 11.5 Å². The first-order chi connectivity index (χ1) is 11.4. The van der Waals surface area contributed by atoms with E-state index in [0.717, 1.165) is 0 Å². The number of hydrogen-bond acceptors (Lipinski definition) is 4. The third-order valence-corrected chi connectivity index (χ3v) is 3.90. The Hall–Kier alpha value is -2.89. The van der Waals surface area contributed by atoms with Crippen molar-refractivity contribution in [3.63, 3.8) is 0 Å². The van der Waals surface area contributed by atoms with Gasteiger partial charge < -0.3 is 9.52 Å². The average molecular weight is 329 g/mol. The third-order valence-electron chi connectivity index (χ3n) is 3.90. The summed E-state index contributed by atoms with van der Waals surface area (Å²) >= 11 is 0. The Bertz CT molecular complexity index is 823. The highest BCUT2D eigenvalue weighted by Crippen LogP contribution is 2.41. The lowest BCUT2D eigenvalue weighted by atomic mass is 9.94. The van der Waals surface area contributed by atoms with Gasteiger partial charge in [-0.2, -0.15) is 0 Å². The van der Waals surface area contributed by atoms with Gasteiger partial charge in [0.1, 0.15) is 17.6 Å². The van der Waals surface area contributed by atoms with Crippen molar-refractivity contribution in [2.45, 2.75) is 19.9 Å². The number of nitrogens with zero attached hydrogens (tertiary/aromatic N) is 1. The van der Waals surface area contributed by atoms with Crippen LogP contribution in [0.1, 0.15) is 25.6 Å². The number of ketones is 1. The lowest BCUT2D eigenvalue weighted by Gasteiger charge is -2.25. The molecule has 1 aromatic carbocycles. The van der Waals surface area contributed by atoms with Crippen molar-refractivity contribution in [1.29, 1.82) is 0 Å². The van der Waals surface area contributed by atoms with Crippen LogP contribution in [0.2, 0.25) is 0 Å². The maximum Gasteiger partial charge on any atom is 0.294 e. The van der Waals surface area contributed by atoms with Crippen LogP contribution in [0.25, 0.3) is 0 Å². The molecule has 24 heavy (non-hydrogen) atoms. The van der Waals surface area contributed by atoms with Crippen molar-refractivity contribution >= 4 is 17.4 Å². The fraction of sp³-hybridized carbons (Fsp3) is 0.222. The van der Waals surface area contributed by atoms with E-state index in [4.69, 9.17) is 4.42 Å². The molecule has 1 aliphatic heterocycles. The highest BCUT2D eigenvalue weighted by atomic mass is 19.1. The SMILES string of the molecule is CC(C)C(=O)C1=C(O)C(=O)N(c2cccc(F)c2)C1c1ccco1.